The van der Waals surface area contributed by atoms with Gasteiger partial charge in [0.1, 0.15) is 6.04 Å². The van der Waals surface area contributed by atoms with Crippen molar-refractivity contribution >= 4 is 11.8 Å². The largest absolute Gasteiger partial charge is 0.480 e. The van der Waals surface area contributed by atoms with Crippen molar-refractivity contribution < 1.29 is 14.7 Å². The van der Waals surface area contributed by atoms with Crippen molar-refractivity contribution in [2.45, 2.75) is 12.0 Å². The predicted molar refractivity (Wildman–Crippen MR) is 53.6 cm³/mol. The molecule has 2 rings (SSSR count). The maximum absolute atomic E-state index is 11.6. The van der Waals surface area contributed by atoms with E-state index in [0.29, 0.717) is 0 Å². The number of rotatable bonds is 2. The SMILES string of the molecule is O=C(O)C1NCC(=O)C1c1ccccc1. The number of nitrogens with one attached hydrogen (secondary N) is 1. The first kappa shape index (κ1) is 9.86. The number of carbonyl (C=O) groups is 2. The van der Waals surface area contributed by atoms with Crippen LogP contribution in [0.25, 0.3) is 0 Å². The first-order valence-electron chi connectivity index (χ1n) is 4.74. The maximum atomic E-state index is 11.6. The van der Waals surface area contributed by atoms with Crippen molar-refractivity contribution in [1.29, 1.82) is 0 Å². The van der Waals surface area contributed by atoms with E-state index in [0.717, 1.165) is 5.56 Å². The van der Waals surface area contributed by atoms with Crippen LogP contribution >= 0.6 is 0 Å². The molecular weight excluding hydrogens is 194 g/mol. The lowest BCUT2D eigenvalue weighted by molar-refractivity contribution is -0.140. The van der Waals surface area contributed by atoms with Gasteiger partial charge in [-0.3, -0.25) is 14.9 Å². The van der Waals surface area contributed by atoms with Gasteiger partial charge < -0.3 is 5.11 Å². The van der Waals surface area contributed by atoms with Crippen molar-refractivity contribution in [3.8, 4) is 0 Å². The van der Waals surface area contributed by atoms with Crippen LogP contribution in [0, 0.1) is 0 Å². The van der Waals surface area contributed by atoms with Crippen LogP contribution < -0.4 is 5.32 Å². The number of carboxylic acid groups (broad SMARTS) is 1. The summed E-state index contributed by atoms with van der Waals surface area (Å²) in [6.07, 6.45) is 0. The van der Waals surface area contributed by atoms with Gasteiger partial charge in [0.15, 0.2) is 5.78 Å². The summed E-state index contributed by atoms with van der Waals surface area (Å²) in [7, 11) is 0. The molecule has 1 aromatic rings. The van der Waals surface area contributed by atoms with Gasteiger partial charge in [-0.2, -0.15) is 0 Å². The summed E-state index contributed by atoms with van der Waals surface area (Å²) in [6.45, 7) is 0.135. The van der Waals surface area contributed by atoms with Gasteiger partial charge in [0, 0.05) is 0 Å². The molecule has 0 saturated carbocycles. The van der Waals surface area contributed by atoms with E-state index in [-0.39, 0.29) is 12.3 Å². The van der Waals surface area contributed by atoms with Crippen molar-refractivity contribution in [2.75, 3.05) is 6.54 Å². The van der Waals surface area contributed by atoms with E-state index in [1.54, 1.807) is 24.3 Å². The third kappa shape index (κ3) is 1.76. The van der Waals surface area contributed by atoms with Crippen molar-refractivity contribution in [3.05, 3.63) is 35.9 Å². The smallest absolute Gasteiger partial charge is 0.321 e. The molecule has 2 N–H and O–H groups in total. The molecule has 0 amide bonds. The maximum Gasteiger partial charge on any atom is 0.321 e. The van der Waals surface area contributed by atoms with Gasteiger partial charge in [-0.1, -0.05) is 30.3 Å². The third-order valence-corrected chi connectivity index (χ3v) is 2.60. The Labute approximate surface area is 86.9 Å². The highest BCUT2D eigenvalue weighted by Crippen LogP contribution is 2.24. The topological polar surface area (TPSA) is 66.4 Å². The molecule has 2 unspecified atom stereocenters. The van der Waals surface area contributed by atoms with E-state index in [9.17, 15) is 9.59 Å². The molecule has 0 aromatic heterocycles. The van der Waals surface area contributed by atoms with Crippen LogP contribution in [-0.2, 0) is 9.59 Å². The monoisotopic (exact) mass is 205 g/mol. The summed E-state index contributed by atoms with van der Waals surface area (Å²) in [5.41, 5.74) is 0.764. The molecule has 0 bridgehead atoms. The molecular formula is C11H11NO3. The first-order valence-corrected chi connectivity index (χ1v) is 4.74. The number of benzene rings is 1. The number of carbonyl (C=O) groups excluding carboxylic acids is 1. The molecule has 15 heavy (non-hydrogen) atoms. The lowest BCUT2D eigenvalue weighted by Gasteiger charge is -2.13. The highest BCUT2D eigenvalue weighted by molar-refractivity contribution is 5.96. The first-order chi connectivity index (χ1) is 7.20. The second-order valence-corrected chi connectivity index (χ2v) is 3.55. The van der Waals surface area contributed by atoms with Gasteiger partial charge in [0.05, 0.1) is 12.5 Å². The normalized spacial score (nSPS) is 25.5. The summed E-state index contributed by atoms with van der Waals surface area (Å²) in [5, 5.41) is 11.7. The van der Waals surface area contributed by atoms with Gasteiger partial charge in [-0.05, 0) is 5.56 Å². The van der Waals surface area contributed by atoms with E-state index >= 15 is 0 Å². The molecule has 78 valence electrons. The fourth-order valence-electron chi connectivity index (χ4n) is 1.89. The van der Waals surface area contributed by atoms with Crippen LogP contribution in [0.3, 0.4) is 0 Å². The molecule has 1 fully saturated rings. The molecule has 1 aromatic carbocycles. The predicted octanol–water partition coefficient (Wildman–Crippen LogP) is 0.396. The van der Waals surface area contributed by atoms with E-state index in [2.05, 4.69) is 5.32 Å². The van der Waals surface area contributed by atoms with Crippen LogP contribution in [-0.4, -0.2) is 29.4 Å². The third-order valence-electron chi connectivity index (χ3n) is 2.60. The lowest BCUT2D eigenvalue weighted by Crippen LogP contribution is -2.34. The second kappa shape index (κ2) is 3.82. The Kier molecular flexibility index (Phi) is 2.51. The summed E-state index contributed by atoms with van der Waals surface area (Å²) in [6, 6.07) is 8.22. The molecule has 4 nitrogen and oxygen atoms in total. The number of hydrogen-bond donors (Lipinski definition) is 2. The Hall–Kier alpha value is -1.68. The average Bonchev–Trinajstić information content (AvgIpc) is 2.61. The van der Waals surface area contributed by atoms with Gasteiger partial charge >= 0.3 is 5.97 Å². The van der Waals surface area contributed by atoms with Crippen LogP contribution in [0.5, 0.6) is 0 Å². The zero-order valence-corrected chi connectivity index (χ0v) is 8.01. The fourth-order valence-corrected chi connectivity index (χ4v) is 1.89. The molecule has 0 radical (unpaired) electrons. The van der Waals surface area contributed by atoms with Crippen molar-refractivity contribution in [3.63, 3.8) is 0 Å². The van der Waals surface area contributed by atoms with E-state index in [4.69, 9.17) is 5.11 Å². The lowest BCUT2D eigenvalue weighted by atomic mass is 9.91. The Morgan fingerprint density at radius 2 is 2.00 bits per heavy atom. The summed E-state index contributed by atoms with van der Waals surface area (Å²) >= 11 is 0. The number of aliphatic carboxylic acids is 1. The molecule has 1 saturated heterocycles. The minimum Gasteiger partial charge on any atom is -0.480 e. The second-order valence-electron chi connectivity index (χ2n) is 3.55. The summed E-state index contributed by atoms with van der Waals surface area (Å²) in [5.74, 6) is -1.59. The fraction of sp³-hybridized carbons (Fsp3) is 0.273. The minimum absolute atomic E-state index is 0.0615. The van der Waals surface area contributed by atoms with Crippen LogP contribution in [0.2, 0.25) is 0 Å². The van der Waals surface area contributed by atoms with Gasteiger partial charge in [0.2, 0.25) is 0 Å². The molecule has 4 heteroatoms. The average molecular weight is 205 g/mol. The van der Waals surface area contributed by atoms with Gasteiger partial charge in [-0.15, -0.1) is 0 Å². The number of carboxylic acids is 1. The zero-order valence-electron chi connectivity index (χ0n) is 8.01. The van der Waals surface area contributed by atoms with Crippen LogP contribution in [0.4, 0.5) is 0 Å². The van der Waals surface area contributed by atoms with Gasteiger partial charge in [0.25, 0.3) is 0 Å². The number of Topliss-reactive ketones (excluding diaryl/α,β-unsaturated/α-hetero) is 1. The Bertz CT molecular complexity index is 388. The Morgan fingerprint density at radius 3 is 2.60 bits per heavy atom. The molecule has 1 aliphatic heterocycles. The molecule has 0 aliphatic carbocycles. The summed E-state index contributed by atoms with van der Waals surface area (Å²) < 4.78 is 0. The quantitative estimate of drug-likeness (QED) is 0.733. The van der Waals surface area contributed by atoms with E-state index < -0.39 is 17.9 Å². The standard InChI is InChI=1S/C11H11NO3/c13-8-6-12-10(11(14)15)9(8)7-4-2-1-3-5-7/h1-5,9-10,12H,6H2,(H,14,15). The van der Waals surface area contributed by atoms with Gasteiger partial charge in [-0.25, -0.2) is 0 Å². The van der Waals surface area contributed by atoms with Crippen LogP contribution in [0.15, 0.2) is 30.3 Å². The summed E-state index contributed by atoms with van der Waals surface area (Å²) in [4.78, 5) is 22.5. The number of ketones is 1. The molecule has 0 spiro atoms. The van der Waals surface area contributed by atoms with E-state index in [1.165, 1.54) is 0 Å². The molecule has 2 atom stereocenters. The Balaban J connectivity index is 2.33. The van der Waals surface area contributed by atoms with Crippen LogP contribution in [0.1, 0.15) is 11.5 Å². The Morgan fingerprint density at radius 1 is 1.33 bits per heavy atom. The zero-order chi connectivity index (χ0) is 10.8. The molecule has 1 aliphatic rings. The highest BCUT2D eigenvalue weighted by Gasteiger charge is 2.39. The molecule has 1 heterocycles. The number of hydrogen-bond acceptors (Lipinski definition) is 3. The van der Waals surface area contributed by atoms with Crippen molar-refractivity contribution in [1.82, 2.24) is 5.32 Å². The highest BCUT2D eigenvalue weighted by atomic mass is 16.4. The minimum atomic E-state index is -0.977. The van der Waals surface area contributed by atoms with Crippen molar-refractivity contribution in [2.24, 2.45) is 0 Å². The van der Waals surface area contributed by atoms with E-state index in [1.807, 2.05) is 6.07 Å².